The van der Waals surface area contributed by atoms with Gasteiger partial charge in [0.05, 0.1) is 12.8 Å². The number of aryl methyl sites for hydroxylation is 1. The summed E-state index contributed by atoms with van der Waals surface area (Å²) in [5.74, 6) is 1.48. The first-order valence-corrected chi connectivity index (χ1v) is 5.65. The highest BCUT2D eigenvalue weighted by Gasteiger charge is 2.30. The van der Waals surface area contributed by atoms with Crippen LogP contribution in [0.5, 0.6) is 5.75 Å². The maximum Gasteiger partial charge on any atom is 0.141 e. The molecule has 1 fully saturated rings. The molecule has 1 aromatic heterocycles. The van der Waals surface area contributed by atoms with Crippen LogP contribution in [0.25, 0.3) is 0 Å². The Morgan fingerprint density at radius 3 is 2.75 bits per heavy atom. The van der Waals surface area contributed by atoms with Crippen molar-refractivity contribution in [3.8, 4) is 5.75 Å². The monoisotopic (exact) mass is 219 g/mol. The van der Waals surface area contributed by atoms with Crippen LogP contribution in [0.2, 0.25) is 0 Å². The lowest BCUT2D eigenvalue weighted by molar-refractivity contribution is -0.119. The molecule has 1 aliphatic rings. The number of rotatable bonds is 4. The Hall–Kier alpha value is -1.38. The van der Waals surface area contributed by atoms with E-state index in [1.165, 1.54) is 0 Å². The first kappa shape index (κ1) is 11.1. The smallest absolute Gasteiger partial charge is 0.141 e. The molecule has 3 heteroatoms. The number of carbonyl (C=O) groups excluding carboxylic acids is 1. The van der Waals surface area contributed by atoms with E-state index < -0.39 is 0 Å². The Labute approximate surface area is 95.8 Å². The largest absolute Gasteiger partial charge is 0.496 e. The third kappa shape index (κ3) is 2.08. The van der Waals surface area contributed by atoms with Crippen molar-refractivity contribution in [3.05, 3.63) is 23.0 Å². The van der Waals surface area contributed by atoms with Crippen LogP contribution in [-0.2, 0) is 11.2 Å². The van der Waals surface area contributed by atoms with Crippen molar-refractivity contribution in [1.82, 2.24) is 4.98 Å². The summed E-state index contributed by atoms with van der Waals surface area (Å²) in [6.07, 6.45) is 4.34. The van der Waals surface area contributed by atoms with Crippen molar-refractivity contribution in [2.75, 3.05) is 7.11 Å². The number of ketones is 1. The molecular weight excluding hydrogens is 202 g/mol. The van der Waals surface area contributed by atoms with Gasteiger partial charge in [-0.3, -0.25) is 9.78 Å². The quantitative estimate of drug-likeness (QED) is 0.779. The van der Waals surface area contributed by atoms with Crippen LogP contribution < -0.4 is 4.74 Å². The van der Waals surface area contributed by atoms with Crippen molar-refractivity contribution in [3.63, 3.8) is 0 Å². The minimum Gasteiger partial charge on any atom is -0.496 e. The van der Waals surface area contributed by atoms with Gasteiger partial charge < -0.3 is 4.74 Å². The number of nitrogens with zero attached hydrogens (tertiary/aromatic N) is 1. The van der Waals surface area contributed by atoms with Crippen LogP contribution in [0.1, 0.15) is 29.7 Å². The molecule has 2 rings (SSSR count). The predicted molar refractivity (Wildman–Crippen MR) is 61.7 cm³/mol. The SMILES string of the molecule is COc1c(C)cnc(CC(=O)C2CC2)c1C. The molecule has 3 nitrogen and oxygen atoms in total. The zero-order valence-electron chi connectivity index (χ0n) is 10.0. The van der Waals surface area contributed by atoms with Gasteiger partial charge in [0.15, 0.2) is 0 Å². The van der Waals surface area contributed by atoms with Crippen molar-refractivity contribution in [1.29, 1.82) is 0 Å². The summed E-state index contributed by atoms with van der Waals surface area (Å²) in [6.45, 7) is 3.93. The Bertz CT molecular complexity index is 422. The standard InChI is InChI=1S/C13H17NO2/c1-8-7-14-11(9(2)13(8)16-3)6-12(15)10-4-5-10/h7,10H,4-6H2,1-3H3. The van der Waals surface area contributed by atoms with Crippen molar-refractivity contribution in [2.45, 2.75) is 33.1 Å². The van der Waals surface area contributed by atoms with Crippen LogP contribution in [-0.4, -0.2) is 17.9 Å². The number of Topliss-reactive ketones (excluding diaryl/α,β-unsaturated/α-hetero) is 1. The highest BCUT2D eigenvalue weighted by molar-refractivity contribution is 5.85. The van der Waals surface area contributed by atoms with Gasteiger partial charge in [-0.2, -0.15) is 0 Å². The maximum absolute atomic E-state index is 11.7. The van der Waals surface area contributed by atoms with Crippen LogP contribution in [0.4, 0.5) is 0 Å². The average molecular weight is 219 g/mol. The summed E-state index contributed by atoms with van der Waals surface area (Å²) in [6, 6.07) is 0. The van der Waals surface area contributed by atoms with Crippen LogP contribution >= 0.6 is 0 Å². The molecule has 16 heavy (non-hydrogen) atoms. The van der Waals surface area contributed by atoms with E-state index in [1.54, 1.807) is 13.3 Å². The maximum atomic E-state index is 11.7. The molecule has 0 aliphatic heterocycles. The molecule has 1 heterocycles. The number of aromatic nitrogens is 1. The number of methoxy groups -OCH3 is 1. The highest BCUT2D eigenvalue weighted by Crippen LogP contribution is 2.32. The summed E-state index contributed by atoms with van der Waals surface area (Å²) in [4.78, 5) is 16.1. The summed E-state index contributed by atoms with van der Waals surface area (Å²) >= 11 is 0. The van der Waals surface area contributed by atoms with Crippen molar-refractivity contribution >= 4 is 5.78 Å². The summed E-state index contributed by atoms with van der Waals surface area (Å²) in [5.41, 5.74) is 2.87. The number of hydrogen-bond donors (Lipinski definition) is 0. The summed E-state index contributed by atoms with van der Waals surface area (Å²) in [5, 5.41) is 0. The van der Waals surface area contributed by atoms with Gasteiger partial charge in [0.2, 0.25) is 0 Å². The fraction of sp³-hybridized carbons (Fsp3) is 0.538. The molecule has 0 radical (unpaired) electrons. The van der Waals surface area contributed by atoms with E-state index in [-0.39, 0.29) is 0 Å². The molecule has 0 saturated heterocycles. The Balaban J connectivity index is 2.23. The number of hydrogen-bond acceptors (Lipinski definition) is 3. The zero-order chi connectivity index (χ0) is 11.7. The molecule has 1 aliphatic carbocycles. The van der Waals surface area contributed by atoms with E-state index in [1.807, 2.05) is 13.8 Å². The Kier molecular flexibility index (Phi) is 2.95. The highest BCUT2D eigenvalue weighted by atomic mass is 16.5. The molecule has 1 saturated carbocycles. The van der Waals surface area contributed by atoms with Gasteiger partial charge in [0.1, 0.15) is 11.5 Å². The second-order valence-electron chi connectivity index (χ2n) is 4.46. The molecule has 0 unspecified atom stereocenters. The van der Waals surface area contributed by atoms with Gasteiger partial charge in [-0.25, -0.2) is 0 Å². The fourth-order valence-corrected chi connectivity index (χ4v) is 1.96. The van der Waals surface area contributed by atoms with Crippen molar-refractivity contribution < 1.29 is 9.53 Å². The van der Waals surface area contributed by atoms with E-state index in [0.717, 1.165) is 35.4 Å². The average Bonchev–Trinajstić information content (AvgIpc) is 3.06. The van der Waals surface area contributed by atoms with Gasteiger partial charge in [-0.15, -0.1) is 0 Å². The van der Waals surface area contributed by atoms with E-state index in [9.17, 15) is 4.79 Å². The molecule has 0 bridgehead atoms. The van der Waals surface area contributed by atoms with Crippen molar-refractivity contribution in [2.24, 2.45) is 5.92 Å². The lowest BCUT2D eigenvalue weighted by Gasteiger charge is -2.11. The summed E-state index contributed by atoms with van der Waals surface area (Å²) < 4.78 is 5.32. The van der Waals surface area contributed by atoms with Crippen LogP contribution in [0.3, 0.4) is 0 Å². The minimum absolute atomic E-state index is 0.300. The van der Waals surface area contributed by atoms with E-state index in [2.05, 4.69) is 4.98 Å². The Morgan fingerprint density at radius 2 is 2.19 bits per heavy atom. The molecular formula is C13H17NO2. The molecule has 0 spiro atoms. The molecule has 0 amide bonds. The lowest BCUT2D eigenvalue weighted by Crippen LogP contribution is -2.09. The first-order valence-electron chi connectivity index (χ1n) is 5.65. The van der Waals surface area contributed by atoms with Gasteiger partial charge in [0, 0.05) is 29.7 Å². The fourth-order valence-electron chi connectivity index (χ4n) is 1.96. The second-order valence-corrected chi connectivity index (χ2v) is 4.46. The molecule has 0 atom stereocenters. The lowest BCUT2D eigenvalue weighted by atomic mass is 10.0. The molecule has 0 aromatic carbocycles. The van der Waals surface area contributed by atoms with Gasteiger partial charge in [-0.05, 0) is 26.7 Å². The van der Waals surface area contributed by atoms with Crippen LogP contribution in [0, 0.1) is 19.8 Å². The minimum atomic E-state index is 0.300. The molecule has 1 aromatic rings. The van der Waals surface area contributed by atoms with E-state index >= 15 is 0 Å². The summed E-state index contributed by atoms with van der Waals surface area (Å²) in [7, 11) is 1.65. The van der Waals surface area contributed by atoms with Crippen LogP contribution in [0.15, 0.2) is 6.20 Å². The van der Waals surface area contributed by atoms with Gasteiger partial charge >= 0.3 is 0 Å². The number of ether oxygens (including phenoxy) is 1. The number of carbonyl (C=O) groups is 1. The topological polar surface area (TPSA) is 39.2 Å². The van der Waals surface area contributed by atoms with Gasteiger partial charge in [0.25, 0.3) is 0 Å². The third-order valence-electron chi connectivity index (χ3n) is 3.12. The molecule has 0 N–H and O–H groups in total. The van der Waals surface area contributed by atoms with E-state index in [4.69, 9.17) is 4.74 Å². The van der Waals surface area contributed by atoms with Gasteiger partial charge in [-0.1, -0.05) is 0 Å². The first-order chi connectivity index (χ1) is 7.63. The van der Waals surface area contributed by atoms with E-state index in [0.29, 0.717) is 18.1 Å². The zero-order valence-corrected chi connectivity index (χ0v) is 10.0. The normalized spacial score (nSPS) is 14.9. The third-order valence-corrected chi connectivity index (χ3v) is 3.12. The second kappa shape index (κ2) is 4.24. The predicted octanol–water partition coefficient (Wildman–Crippen LogP) is 2.23. The molecule has 86 valence electrons. The Morgan fingerprint density at radius 1 is 1.50 bits per heavy atom. The number of pyridine rings is 1.